The molecule has 2 atom stereocenters. The molecule has 3 fully saturated rings. The maximum absolute atomic E-state index is 13.3. The fourth-order valence-electron chi connectivity index (χ4n) is 6.03. The highest BCUT2D eigenvalue weighted by molar-refractivity contribution is 7.89. The Hall–Kier alpha value is -2.47. The second kappa shape index (κ2) is 8.33. The highest BCUT2D eigenvalue weighted by Crippen LogP contribution is 2.46. The van der Waals surface area contributed by atoms with Crippen molar-refractivity contribution in [2.24, 2.45) is 11.3 Å². The van der Waals surface area contributed by atoms with Crippen molar-refractivity contribution in [3.05, 3.63) is 11.5 Å². The van der Waals surface area contributed by atoms with Gasteiger partial charge in [0.1, 0.15) is 22.7 Å². The van der Waals surface area contributed by atoms with Crippen LogP contribution < -0.4 is 5.32 Å². The molecular weight excluding hydrogens is 462 g/mol. The van der Waals surface area contributed by atoms with E-state index < -0.39 is 21.6 Å². The van der Waals surface area contributed by atoms with Crippen molar-refractivity contribution in [1.29, 1.82) is 0 Å². The number of imide groups is 1. The lowest BCUT2D eigenvalue weighted by atomic mass is 9.64. The summed E-state index contributed by atoms with van der Waals surface area (Å²) in [5.74, 6) is -0.219. The fourth-order valence-corrected chi connectivity index (χ4v) is 7.75. The van der Waals surface area contributed by atoms with Crippen molar-refractivity contribution in [1.82, 2.24) is 24.6 Å². The number of aryl methyl sites for hydroxylation is 2. The molecule has 34 heavy (non-hydrogen) atoms. The number of nitrogens with zero attached hydrogens (tertiary/aromatic N) is 4. The minimum Gasteiger partial charge on any atom is -0.360 e. The van der Waals surface area contributed by atoms with Crippen molar-refractivity contribution in [3.63, 3.8) is 0 Å². The highest BCUT2D eigenvalue weighted by Gasteiger charge is 2.56. The first-order valence-corrected chi connectivity index (χ1v) is 13.0. The molecule has 0 unspecified atom stereocenters. The Bertz CT molecular complexity index is 1100. The Balaban J connectivity index is 1.40. The second-order valence-electron chi connectivity index (χ2n) is 10.7. The van der Waals surface area contributed by atoms with E-state index >= 15 is 0 Å². The molecule has 1 aliphatic carbocycles. The third kappa shape index (κ3) is 4.21. The van der Waals surface area contributed by atoms with Crippen LogP contribution in [0.2, 0.25) is 0 Å². The lowest BCUT2D eigenvalue weighted by molar-refractivity contribution is -0.141. The van der Waals surface area contributed by atoms with Gasteiger partial charge in [-0.25, -0.2) is 13.2 Å². The molecular formula is C22H33N5O6S. The average molecular weight is 496 g/mol. The van der Waals surface area contributed by atoms with Crippen LogP contribution in [0.15, 0.2) is 9.42 Å². The van der Waals surface area contributed by atoms with Gasteiger partial charge in [-0.2, -0.15) is 4.31 Å². The third-order valence-corrected chi connectivity index (χ3v) is 9.22. The first-order valence-electron chi connectivity index (χ1n) is 11.6. The predicted molar refractivity (Wildman–Crippen MR) is 121 cm³/mol. The van der Waals surface area contributed by atoms with Gasteiger partial charge in [0, 0.05) is 26.2 Å². The van der Waals surface area contributed by atoms with Gasteiger partial charge < -0.3 is 14.7 Å². The second-order valence-corrected chi connectivity index (χ2v) is 12.6. The smallest absolute Gasteiger partial charge is 0.325 e. The first kappa shape index (κ1) is 24.6. The summed E-state index contributed by atoms with van der Waals surface area (Å²) in [7, 11) is -3.79. The molecule has 1 N–H and O–H groups in total. The van der Waals surface area contributed by atoms with E-state index in [1.165, 1.54) is 9.21 Å². The lowest BCUT2D eigenvalue weighted by Gasteiger charge is -2.43. The molecule has 2 aliphatic heterocycles. The Kier molecular flexibility index (Phi) is 6.04. The summed E-state index contributed by atoms with van der Waals surface area (Å²) in [6.45, 7) is 9.57. The summed E-state index contributed by atoms with van der Waals surface area (Å²) < 4.78 is 32.3. The van der Waals surface area contributed by atoms with Gasteiger partial charge in [0.2, 0.25) is 15.9 Å². The number of hydrogen-bond acceptors (Lipinski definition) is 7. The number of carbonyl (C=O) groups is 3. The van der Waals surface area contributed by atoms with Crippen LogP contribution in [0.5, 0.6) is 0 Å². The van der Waals surface area contributed by atoms with E-state index in [-0.39, 0.29) is 66.5 Å². The lowest BCUT2D eigenvalue weighted by Crippen LogP contribution is -2.55. The topological polar surface area (TPSA) is 133 Å². The molecule has 4 amide bonds. The number of carbonyl (C=O) groups excluding carboxylic acids is 3. The SMILES string of the molecule is Cc1noc(C)c1S(=O)(=O)N1CCN(C(=O)CN2C(=O)N[C@]3(C[C@H](C)CC(C)(C)C3)C2=O)CC1. The van der Waals surface area contributed by atoms with Crippen LogP contribution in [0.1, 0.15) is 51.5 Å². The number of piperazine rings is 1. The van der Waals surface area contributed by atoms with E-state index in [0.29, 0.717) is 18.5 Å². The average Bonchev–Trinajstić information content (AvgIpc) is 3.17. The molecule has 1 aromatic rings. The molecule has 0 bridgehead atoms. The van der Waals surface area contributed by atoms with Crippen LogP contribution >= 0.6 is 0 Å². The van der Waals surface area contributed by atoms with Gasteiger partial charge in [0.25, 0.3) is 5.91 Å². The normalized spacial score (nSPS) is 28.0. The molecule has 3 heterocycles. The predicted octanol–water partition coefficient (Wildman–Crippen LogP) is 1.26. The fraction of sp³-hybridized carbons (Fsp3) is 0.727. The molecule has 11 nitrogen and oxygen atoms in total. The van der Waals surface area contributed by atoms with Crippen molar-refractivity contribution in [2.45, 2.75) is 64.3 Å². The molecule has 1 aromatic heterocycles. The molecule has 4 rings (SSSR count). The van der Waals surface area contributed by atoms with Gasteiger partial charge >= 0.3 is 6.03 Å². The maximum Gasteiger partial charge on any atom is 0.325 e. The van der Waals surface area contributed by atoms with Gasteiger partial charge in [-0.3, -0.25) is 14.5 Å². The van der Waals surface area contributed by atoms with Crippen LogP contribution in [0.3, 0.4) is 0 Å². The van der Waals surface area contributed by atoms with Crippen LogP contribution in [0.25, 0.3) is 0 Å². The zero-order valence-electron chi connectivity index (χ0n) is 20.4. The number of nitrogens with one attached hydrogen (secondary N) is 1. The number of aromatic nitrogens is 1. The zero-order chi connectivity index (χ0) is 25.1. The van der Waals surface area contributed by atoms with Crippen molar-refractivity contribution >= 4 is 27.9 Å². The summed E-state index contributed by atoms with van der Waals surface area (Å²) in [6, 6.07) is -0.539. The quantitative estimate of drug-likeness (QED) is 0.622. The molecule has 12 heteroatoms. The first-order chi connectivity index (χ1) is 15.8. The van der Waals surface area contributed by atoms with Gasteiger partial charge in [-0.05, 0) is 44.4 Å². The summed E-state index contributed by atoms with van der Waals surface area (Å²) in [4.78, 5) is 41.5. The molecule has 0 radical (unpaired) electrons. The van der Waals surface area contributed by atoms with Gasteiger partial charge in [0.05, 0.1) is 0 Å². The third-order valence-electron chi connectivity index (χ3n) is 7.07. The number of urea groups is 1. The van der Waals surface area contributed by atoms with E-state index in [0.717, 1.165) is 11.3 Å². The van der Waals surface area contributed by atoms with Crippen molar-refractivity contribution in [3.8, 4) is 0 Å². The molecule has 1 saturated carbocycles. The molecule has 3 aliphatic rings. The molecule has 1 spiro atoms. The van der Waals surface area contributed by atoms with Crippen LogP contribution in [0, 0.1) is 25.2 Å². The monoisotopic (exact) mass is 495 g/mol. The Morgan fingerprint density at radius 3 is 2.35 bits per heavy atom. The standard InChI is InChI=1S/C22H33N5O6S/c1-14-10-21(4,5)13-22(11-14)19(29)27(20(30)23-22)12-17(28)25-6-8-26(9-7-25)34(31,32)18-15(2)24-33-16(18)3/h14H,6-13H2,1-5H3,(H,23,30)/t14-,22+/m1/s1. The maximum atomic E-state index is 13.3. The number of sulfonamides is 1. The summed E-state index contributed by atoms with van der Waals surface area (Å²) in [5, 5.41) is 6.60. The number of amides is 4. The molecule has 188 valence electrons. The van der Waals surface area contributed by atoms with Crippen LogP contribution in [-0.4, -0.2) is 83.8 Å². The van der Waals surface area contributed by atoms with Crippen molar-refractivity contribution in [2.75, 3.05) is 32.7 Å². The summed E-state index contributed by atoms with van der Waals surface area (Å²) >= 11 is 0. The number of hydrogen-bond donors (Lipinski definition) is 1. The van der Waals surface area contributed by atoms with Crippen molar-refractivity contribution < 1.29 is 27.3 Å². The molecule has 0 aromatic carbocycles. The Morgan fingerprint density at radius 2 is 1.79 bits per heavy atom. The van der Waals surface area contributed by atoms with E-state index in [1.807, 2.05) is 0 Å². The zero-order valence-corrected chi connectivity index (χ0v) is 21.2. The summed E-state index contributed by atoms with van der Waals surface area (Å²) in [5.41, 5.74) is -0.757. The minimum absolute atomic E-state index is 0.0570. The number of rotatable bonds is 4. The Labute approximate surface area is 199 Å². The van der Waals surface area contributed by atoms with Gasteiger partial charge in [0.15, 0.2) is 5.76 Å². The van der Waals surface area contributed by atoms with E-state index in [4.69, 9.17) is 4.52 Å². The van der Waals surface area contributed by atoms with E-state index in [2.05, 4.69) is 31.2 Å². The van der Waals surface area contributed by atoms with Crippen LogP contribution in [-0.2, 0) is 19.6 Å². The van der Waals surface area contributed by atoms with E-state index in [1.54, 1.807) is 13.8 Å². The van der Waals surface area contributed by atoms with E-state index in [9.17, 15) is 22.8 Å². The largest absolute Gasteiger partial charge is 0.360 e. The van der Waals surface area contributed by atoms with Crippen LogP contribution in [0.4, 0.5) is 4.79 Å². The summed E-state index contributed by atoms with van der Waals surface area (Å²) in [6.07, 6.45) is 2.07. The minimum atomic E-state index is -3.79. The van der Waals surface area contributed by atoms with Gasteiger partial charge in [-0.15, -0.1) is 0 Å². The molecule has 2 saturated heterocycles. The van der Waals surface area contributed by atoms with Gasteiger partial charge in [-0.1, -0.05) is 25.9 Å². The Morgan fingerprint density at radius 1 is 1.15 bits per heavy atom. The highest BCUT2D eigenvalue weighted by atomic mass is 32.2.